The third kappa shape index (κ3) is 3.22. The fourth-order valence-corrected chi connectivity index (χ4v) is 1.91. The van der Waals surface area contributed by atoms with Gasteiger partial charge in [0.05, 0.1) is 0 Å². The molecule has 1 aromatic rings. The summed E-state index contributed by atoms with van der Waals surface area (Å²) in [6.07, 6.45) is 7.61. The quantitative estimate of drug-likeness (QED) is 0.850. The van der Waals surface area contributed by atoms with Crippen molar-refractivity contribution in [2.45, 2.75) is 38.3 Å². The Kier molecular flexibility index (Phi) is 3.75. The molecule has 0 saturated heterocycles. The number of nitrogens with zero attached hydrogens (tertiary/aromatic N) is 1. The Bertz CT molecular complexity index is 334. The molecule has 0 unspecified atom stereocenters. The number of nitrogens with one attached hydrogen (secondary N) is 1. The molecule has 1 aromatic heterocycles. The van der Waals surface area contributed by atoms with Crippen LogP contribution in [0.15, 0.2) is 24.5 Å². The lowest BCUT2D eigenvalue weighted by molar-refractivity contribution is 0.136. The van der Waals surface area contributed by atoms with Gasteiger partial charge in [-0.2, -0.15) is 0 Å². The molecule has 1 heterocycles. The summed E-state index contributed by atoms with van der Waals surface area (Å²) in [5.74, 6) is 0. The second-order valence-corrected chi connectivity index (χ2v) is 4.06. The molecule has 0 spiro atoms. The largest absolute Gasteiger partial charge is 0.445 e. The van der Waals surface area contributed by atoms with E-state index in [1.165, 1.54) is 12.8 Å². The van der Waals surface area contributed by atoms with Crippen LogP contribution < -0.4 is 5.32 Å². The molecule has 0 aromatic carbocycles. The van der Waals surface area contributed by atoms with E-state index in [0.29, 0.717) is 12.6 Å². The van der Waals surface area contributed by atoms with Crippen LogP contribution in [0.3, 0.4) is 0 Å². The van der Waals surface area contributed by atoms with Crippen molar-refractivity contribution in [2.75, 3.05) is 0 Å². The highest BCUT2D eigenvalue weighted by molar-refractivity contribution is 5.67. The summed E-state index contributed by atoms with van der Waals surface area (Å²) in [4.78, 5) is 15.3. The fraction of sp³-hybridized carbons (Fsp3) is 0.500. The van der Waals surface area contributed by atoms with E-state index in [2.05, 4.69) is 10.3 Å². The van der Waals surface area contributed by atoms with Crippen molar-refractivity contribution in [3.05, 3.63) is 30.1 Å². The molecule has 4 heteroatoms. The van der Waals surface area contributed by atoms with Crippen LogP contribution in [0.2, 0.25) is 0 Å². The summed E-state index contributed by atoms with van der Waals surface area (Å²) in [5, 5.41) is 2.87. The molecule has 1 saturated carbocycles. The highest BCUT2D eigenvalue weighted by Gasteiger charge is 2.17. The van der Waals surface area contributed by atoms with E-state index in [0.717, 1.165) is 18.4 Å². The Hall–Kier alpha value is -1.58. The zero-order valence-corrected chi connectivity index (χ0v) is 9.19. The average Bonchev–Trinajstić information content (AvgIpc) is 2.81. The van der Waals surface area contributed by atoms with Crippen LogP contribution in [0, 0.1) is 0 Å². The fourth-order valence-electron chi connectivity index (χ4n) is 1.91. The monoisotopic (exact) mass is 220 g/mol. The number of carbonyl (C=O) groups excluding carboxylic acids is 1. The Morgan fingerprint density at radius 2 is 2.06 bits per heavy atom. The number of hydrogen-bond donors (Lipinski definition) is 1. The van der Waals surface area contributed by atoms with Crippen LogP contribution in [-0.4, -0.2) is 17.1 Å². The Morgan fingerprint density at radius 1 is 1.38 bits per heavy atom. The van der Waals surface area contributed by atoms with Gasteiger partial charge in [0.2, 0.25) is 0 Å². The molecule has 1 fully saturated rings. The minimum absolute atomic E-state index is 0.307. The molecule has 1 aliphatic rings. The zero-order valence-electron chi connectivity index (χ0n) is 9.19. The van der Waals surface area contributed by atoms with Crippen molar-refractivity contribution < 1.29 is 9.53 Å². The van der Waals surface area contributed by atoms with Gasteiger partial charge in [0.1, 0.15) is 6.61 Å². The van der Waals surface area contributed by atoms with Gasteiger partial charge in [0, 0.05) is 18.4 Å². The molecule has 86 valence electrons. The average molecular weight is 220 g/mol. The topological polar surface area (TPSA) is 51.2 Å². The van der Waals surface area contributed by atoms with E-state index >= 15 is 0 Å². The SMILES string of the molecule is O=C(NC1CCCC1)OCc1ccncc1. The number of hydrogen-bond acceptors (Lipinski definition) is 3. The van der Waals surface area contributed by atoms with Gasteiger partial charge in [0.25, 0.3) is 0 Å². The number of alkyl carbamates (subject to hydrolysis) is 1. The number of aromatic nitrogens is 1. The second kappa shape index (κ2) is 5.49. The molecule has 4 nitrogen and oxygen atoms in total. The van der Waals surface area contributed by atoms with Crippen LogP contribution >= 0.6 is 0 Å². The molecule has 1 aliphatic carbocycles. The predicted molar refractivity (Wildman–Crippen MR) is 59.8 cm³/mol. The number of ether oxygens (including phenoxy) is 1. The van der Waals surface area contributed by atoms with Crippen molar-refractivity contribution in [3.63, 3.8) is 0 Å². The first-order valence-corrected chi connectivity index (χ1v) is 5.67. The van der Waals surface area contributed by atoms with Crippen molar-refractivity contribution in [1.29, 1.82) is 0 Å². The van der Waals surface area contributed by atoms with Crippen molar-refractivity contribution in [3.8, 4) is 0 Å². The number of carbonyl (C=O) groups is 1. The van der Waals surface area contributed by atoms with Gasteiger partial charge >= 0.3 is 6.09 Å². The second-order valence-electron chi connectivity index (χ2n) is 4.06. The molecular formula is C12H16N2O2. The van der Waals surface area contributed by atoms with Gasteiger partial charge in [-0.1, -0.05) is 12.8 Å². The first-order chi connectivity index (χ1) is 7.84. The predicted octanol–water partition coefficient (Wildman–Crippen LogP) is 2.25. The molecule has 16 heavy (non-hydrogen) atoms. The summed E-state index contributed by atoms with van der Waals surface area (Å²) < 4.78 is 5.11. The van der Waals surface area contributed by atoms with Gasteiger partial charge in [-0.05, 0) is 30.5 Å². The van der Waals surface area contributed by atoms with Crippen LogP contribution in [0.4, 0.5) is 4.79 Å². The number of rotatable bonds is 3. The summed E-state index contributed by atoms with van der Waals surface area (Å²) in [5.41, 5.74) is 0.955. The maximum absolute atomic E-state index is 11.4. The van der Waals surface area contributed by atoms with E-state index in [-0.39, 0.29) is 6.09 Å². The van der Waals surface area contributed by atoms with E-state index in [1.54, 1.807) is 12.4 Å². The Morgan fingerprint density at radius 3 is 2.75 bits per heavy atom. The van der Waals surface area contributed by atoms with E-state index in [4.69, 9.17) is 4.74 Å². The van der Waals surface area contributed by atoms with Gasteiger partial charge in [-0.3, -0.25) is 4.98 Å². The number of pyridine rings is 1. The minimum Gasteiger partial charge on any atom is -0.445 e. The van der Waals surface area contributed by atoms with Crippen molar-refractivity contribution >= 4 is 6.09 Å². The summed E-state index contributed by atoms with van der Waals surface area (Å²) in [7, 11) is 0. The van der Waals surface area contributed by atoms with Crippen LogP contribution in [0.1, 0.15) is 31.2 Å². The van der Waals surface area contributed by atoms with Gasteiger partial charge in [0.15, 0.2) is 0 Å². The smallest absolute Gasteiger partial charge is 0.407 e. The lowest BCUT2D eigenvalue weighted by Crippen LogP contribution is -2.32. The number of amides is 1. The lowest BCUT2D eigenvalue weighted by Gasteiger charge is -2.11. The highest BCUT2D eigenvalue weighted by Crippen LogP contribution is 2.17. The van der Waals surface area contributed by atoms with Gasteiger partial charge < -0.3 is 10.1 Å². The van der Waals surface area contributed by atoms with Crippen LogP contribution in [0.5, 0.6) is 0 Å². The molecule has 2 rings (SSSR count). The molecule has 0 atom stereocenters. The zero-order chi connectivity index (χ0) is 11.2. The van der Waals surface area contributed by atoms with E-state index < -0.39 is 0 Å². The molecule has 1 N–H and O–H groups in total. The highest BCUT2D eigenvalue weighted by atomic mass is 16.5. The van der Waals surface area contributed by atoms with E-state index in [9.17, 15) is 4.79 Å². The van der Waals surface area contributed by atoms with Crippen LogP contribution in [0.25, 0.3) is 0 Å². The first kappa shape index (κ1) is 10.9. The van der Waals surface area contributed by atoms with E-state index in [1.807, 2.05) is 12.1 Å². The molecule has 0 bridgehead atoms. The third-order valence-electron chi connectivity index (χ3n) is 2.80. The maximum atomic E-state index is 11.4. The molecular weight excluding hydrogens is 204 g/mol. The van der Waals surface area contributed by atoms with Gasteiger partial charge in [-0.15, -0.1) is 0 Å². The molecule has 0 aliphatic heterocycles. The third-order valence-corrected chi connectivity index (χ3v) is 2.80. The minimum atomic E-state index is -0.316. The van der Waals surface area contributed by atoms with Crippen molar-refractivity contribution in [1.82, 2.24) is 10.3 Å². The van der Waals surface area contributed by atoms with Gasteiger partial charge in [-0.25, -0.2) is 4.79 Å². The lowest BCUT2D eigenvalue weighted by atomic mass is 10.3. The Labute approximate surface area is 95.0 Å². The molecule has 0 radical (unpaired) electrons. The standard InChI is InChI=1S/C12H16N2O2/c15-12(14-11-3-1-2-4-11)16-9-10-5-7-13-8-6-10/h5-8,11H,1-4,9H2,(H,14,15). The summed E-state index contributed by atoms with van der Waals surface area (Å²) >= 11 is 0. The summed E-state index contributed by atoms with van der Waals surface area (Å²) in [6, 6.07) is 3.98. The Balaban J connectivity index is 1.71. The maximum Gasteiger partial charge on any atom is 0.407 e. The molecule has 1 amide bonds. The normalized spacial score (nSPS) is 16.0. The van der Waals surface area contributed by atoms with Crippen LogP contribution in [-0.2, 0) is 11.3 Å². The summed E-state index contributed by atoms with van der Waals surface area (Å²) in [6.45, 7) is 0.307. The van der Waals surface area contributed by atoms with Crippen molar-refractivity contribution in [2.24, 2.45) is 0 Å². The first-order valence-electron chi connectivity index (χ1n) is 5.67.